The summed E-state index contributed by atoms with van der Waals surface area (Å²) in [6, 6.07) is 2.47. The number of amides is 1. The number of halogens is 4. The van der Waals surface area contributed by atoms with E-state index >= 15 is 0 Å². The maximum atomic E-state index is 13.2. The monoisotopic (exact) mass is 304 g/mol. The van der Waals surface area contributed by atoms with E-state index in [1.807, 2.05) is 0 Å². The fraction of sp³-hybridized carbons (Fsp3) is 0.500. The molecule has 0 aliphatic carbocycles. The van der Waals surface area contributed by atoms with Gasteiger partial charge in [0, 0.05) is 11.1 Å². The highest BCUT2D eigenvalue weighted by atomic mass is 19.4. The molecule has 0 atom stereocenters. The van der Waals surface area contributed by atoms with Crippen molar-refractivity contribution in [1.82, 2.24) is 5.32 Å². The van der Waals surface area contributed by atoms with E-state index in [2.05, 4.69) is 10.6 Å². The summed E-state index contributed by atoms with van der Waals surface area (Å²) in [5.74, 6) is -1.70. The number of alkyl halides is 3. The lowest BCUT2D eigenvalue weighted by molar-refractivity contribution is -0.140. The molecule has 1 saturated heterocycles. The van der Waals surface area contributed by atoms with Gasteiger partial charge < -0.3 is 10.6 Å². The van der Waals surface area contributed by atoms with E-state index in [1.54, 1.807) is 6.92 Å². The summed E-state index contributed by atoms with van der Waals surface area (Å²) >= 11 is 0. The Kier molecular flexibility index (Phi) is 4.22. The number of hydrogen-bond acceptors (Lipinski definition) is 2. The Balaban J connectivity index is 2.18. The molecule has 2 N–H and O–H groups in total. The van der Waals surface area contributed by atoms with Crippen LogP contribution in [0.2, 0.25) is 0 Å². The van der Waals surface area contributed by atoms with Gasteiger partial charge in [0.25, 0.3) is 0 Å². The number of carbonyl (C=O) groups is 1. The molecule has 1 aliphatic heterocycles. The smallest absolute Gasteiger partial charge is 0.326 e. The second-order valence-corrected chi connectivity index (χ2v) is 5.46. The summed E-state index contributed by atoms with van der Waals surface area (Å²) in [5.41, 5.74) is -2.05. The number of nitrogens with one attached hydrogen (secondary N) is 2. The van der Waals surface area contributed by atoms with Crippen molar-refractivity contribution in [3.8, 4) is 0 Å². The maximum absolute atomic E-state index is 13.2. The van der Waals surface area contributed by atoms with Gasteiger partial charge in [0.1, 0.15) is 5.82 Å². The van der Waals surface area contributed by atoms with Crippen LogP contribution in [0.4, 0.5) is 23.2 Å². The molecular weight excluding hydrogens is 288 g/mol. The number of rotatable bonds is 2. The van der Waals surface area contributed by atoms with Gasteiger partial charge in [-0.25, -0.2) is 4.39 Å². The number of benzene rings is 1. The lowest BCUT2D eigenvalue weighted by atomic mass is 9.80. The molecule has 1 aromatic rings. The lowest BCUT2D eigenvalue weighted by Crippen LogP contribution is -2.42. The van der Waals surface area contributed by atoms with Gasteiger partial charge in [-0.1, -0.05) is 6.92 Å². The first-order chi connectivity index (χ1) is 9.72. The van der Waals surface area contributed by atoms with Crippen LogP contribution in [-0.4, -0.2) is 19.0 Å². The van der Waals surface area contributed by atoms with Crippen LogP contribution in [0.25, 0.3) is 0 Å². The first-order valence-electron chi connectivity index (χ1n) is 6.61. The minimum absolute atomic E-state index is 0.0477. The minimum Gasteiger partial charge on any atom is -0.326 e. The van der Waals surface area contributed by atoms with Crippen molar-refractivity contribution in [2.45, 2.75) is 25.9 Å². The summed E-state index contributed by atoms with van der Waals surface area (Å²) in [7, 11) is 0. The van der Waals surface area contributed by atoms with E-state index in [0.29, 0.717) is 38.1 Å². The van der Waals surface area contributed by atoms with E-state index in [1.165, 1.54) is 0 Å². The molecule has 21 heavy (non-hydrogen) atoms. The first kappa shape index (κ1) is 15.8. The minimum atomic E-state index is -4.79. The van der Waals surface area contributed by atoms with Gasteiger partial charge in [0.15, 0.2) is 0 Å². The van der Waals surface area contributed by atoms with Gasteiger partial charge in [-0.3, -0.25) is 4.79 Å². The van der Waals surface area contributed by atoms with Crippen LogP contribution >= 0.6 is 0 Å². The number of piperidine rings is 1. The lowest BCUT2D eigenvalue weighted by Gasteiger charge is -2.32. The van der Waals surface area contributed by atoms with Crippen LogP contribution in [0.1, 0.15) is 25.3 Å². The molecule has 0 saturated carbocycles. The maximum Gasteiger partial charge on any atom is 0.419 e. The molecule has 0 spiro atoms. The van der Waals surface area contributed by atoms with Crippen molar-refractivity contribution in [2.24, 2.45) is 5.41 Å². The van der Waals surface area contributed by atoms with Gasteiger partial charge in [-0.2, -0.15) is 13.2 Å². The molecule has 7 heteroatoms. The SMILES string of the molecule is CC1(C(=O)Nc2ccc(F)c(C(F)(F)F)c2)CCNCC1. The zero-order valence-electron chi connectivity index (χ0n) is 11.5. The molecule has 1 amide bonds. The second kappa shape index (κ2) is 5.63. The molecule has 3 nitrogen and oxygen atoms in total. The van der Waals surface area contributed by atoms with E-state index < -0.39 is 23.0 Å². The molecule has 1 heterocycles. The summed E-state index contributed by atoms with van der Waals surface area (Å²) in [6.07, 6.45) is -3.58. The number of anilines is 1. The predicted molar refractivity (Wildman–Crippen MR) is 70.2 cm³/mol. The fourth-order valence-electron chi connectivity index (χ4n) is 2.31. The Morgan fingerprint density at radius 2 is 1.90 bits per heavy atom. The fourth-order valence-corrected chi connectivity index (χ4v) is 2.31. The molecule has 1 aliphatic rings. The van der Waals surface area contributed by atoms with Gasteiger partial charge in [-0.15, -0.1) is 0 Å². The third-order valence-corrected chi connectivity index (χ3v) is 3.78. The quantitative estimate of drug-likeness (QED) is 0.824. The molecule has 116 valence electrons. The molecule has 0 bridgehead atoms. The summed E-state index contributed by atoms with van der Waals surface area (Å²) in [5, 5.41) is 5.58. The average Bonchev–Trinajstić information content (AvgIpc) is 2.40. The Hall–Kier alpha value is -1.63. The second-order valence-electron chi connectivity index (χ2n) is 5.46. The molecule has 0 unspecified atom stereocenters. The third-order valence-electron chi connectivity index (χ3n) is 3.78. The van der Waals surface area contributed by atoms with Crippen LogP contribution < -0.4 is 10.6 Å². The van der Waals surface area contributed by atoms with E-state index in [9.17, 15) is 22.4 Å². The van der Waals surface area contributed by atoms with Crippen molar-refractivity contribution >= 4 is 11.6 Å². The van der Waals surface area contributed by atoms with Crippen LogP contribution in [0.15, 0.2) is 18.2 Å². The zero-order valence-corrected chi connectivity index (χ0v) is 11.5. The van der Waals surface area contributed by atoms with Gasteiger partial charge in [0.05, 0.1) is 5.56 Å². The Morgan fingerprint density at radius 1 is 1.29 bits per heavy atom. The Bertz CT molecular complexity index is 536. The Morgan fingerprint density at radius 3 is 2.48 bits per heavy atom. The van der Waals surface area contributed by atoms with Gasteiger partial charge in [0.2, 0.25) is 5.91 Å². The predicted octanol–water partition coefficient (Wildman–Crippen LogP) is 3.17. The number of hydrogen-bond donors (Lipinski definition) is 2. The standard InChI is InChI=1S/C14H16F4N2O/c1-13(4-6-19-7-5-13)12(21)20-9-2-3-11(15)10(8-9)14(16,17)18/h2-3,8,19H,4-7H2,1H3,(H,20,21). The highest BCUT2D eigenvalue weighted by Gasteiger charge is 2.36. The molecule has 1 fully saturated rings. The highest BCUT2D eigenvalue weighted by Crippen LogP contribution is 2.34. The molecule has 0 aromatic heterocycles. The van der Waals surface area contributed by atoms with E-state index in [4.69, 9.17) is 0 Å². The first-order valence-corrected chi connectivity index (χ1v) is 6.61. The topological polar surface area (TPSA) is 41.1 Å². The zero-order chi connectivity index (χ0) is 15.7. The molecule has 1 aromatic carbocycles. The largest absolute Gasteiger partial charge is 0.419 e. The van der Waals surface area contributed by atoms with Crippen molar-refractivity contribution < 1.29 is 22.4 Å². The van der Waals surface area contributed by atoms with Crippen molar-refractivity contribution in [2.75, 3.05) is 18.4 Å². The van der Waals surface area contributed by atoms with Crippen LogP contribution in [0.5, 0.6) is 0 Å². The molecule has 0 radical (unpaired) electrons. The third kappa shape index (κ3) is 3.53. The van der Waals surface area contributed by atoms with Gasteiger partial charge >= 0.3 is 6.18 Å². The number of carbonyl (C=O) groups excluding carboxylic acids is 1. The summed E-state index contributed by atoms with van der Waals surface area (Å²) in [6.45, 7) is 3.14. The summed E-state index contributed by atoms with van der Waals surface area (Å²) in [4.78, 5) is 12.2. The van der Waals surface area contributed by atoms with E-state index in [-0.39, 0.29) is 11.6 Å². The van der Waals surface area contributed by atoms with Gasteiger partial charge in [-0.05, 0) is 44.1 Å². The highest BCUT2D eigenvalue weighted by molar-refractivity contribution is 5.95. The summed E-state index contributed by atoms with van der Waals surface area (Å²) < 4.78 is 51.1. The average molecular weight is 304 g/mol. The van der Waals surface area contributed by atoms with Crippen molar-refractivity contribution in [3.63, 3.8) is 0 Å². The van der Waals surface area contributed by atoms with Crippen LogP contribution in [0.3, 0.4) is 0 Å². The van der Waals surface area contributed by atoms with Crippen molar-refractivity contribution in [3.05, 3.63) is 29.6 Å². The normalized spacial score (nSPS) is 18.3. The van der Waals surface area contributed by atoms with Crippen molar-refractivity contribution in [1.29, 1.82) is 0 Å². The molecular formula is C14H16F4N2O. The Labute approximate surface area is 119 Å². The van der Waals surface area contributed by atoms with E-state index in [0.717, 1.165) is 6.07 Å². The molecule has 2 rings (SSSR count). The van der Waals surface area contributed by atoms with Crippen LogP contribution in [-0.2, 0) is 11.0 Å². The van der Waals surface area contributed by atoms with Crippen LogP contribution in [0, 0.1) is 11.2 Å².